The van der Waals surface area contributed by atoms with E-state index in [1.165, 1.54) is 16.7 Å². The van der Waals surface area contributed by atoms with Crippen LogP contribution in [-0.4, -0.2) is 26.7 Å². The number of rotatable bonds is 6. The smallest absolute Gasteiger partial charge is 0.177 e. The molecule has 0 aliphatic carbocycles. The minimum atomic E-state index is 0.250. The molecule has 4 rings (SSSR count). The van der Waals surface area contributed by atoms with Crippen molar-refractivity contribution in [3.63, 3.8) is 0 Å². The Morgan fingerprint density at radius 2 is 1.86 bits per heavy atom. The molecule has 0 fully saturated rings. The maximum absolute atomic E-state index is 4.77. The Morgan fingerprint density at radius 3 is 2.62 bits per heavy atom. The highest BCUT2D eigenvalue weighted by Gasteiger charge is 2.27. The lowest BCUT2D eigenvalue weighted by Gasteiger charge is -2.23. The Kier molecular flexibility index (Phi) is 5.60. The van der Waals surface area contributed by atoms with E-state index in [0.717, 1.165) is 27.9 Å². The van der Waals surface area contributed by atoms with Crippen molar-refractivity contribution in [2.45, 2.75) is 44.5 Å². The Morgan fingerprint density at radius 1 is 1.07 bits per heavy atom. The normalized spacial score (nSPS) is 13.7. The van der Waals surface area contributed by atoms with Crippen LogP contribution in [0.2, 0.25) is 0 Å². The van der Waals surface area contributed by atoms with E-state index >= 15 is 0 Å². The highest BCUT2D eigenvalue weighted by Crippen LogP contribution is 2.31. The van der Waals surface area contributed by atoms with Gasteiger partial charge in [0.25, 0.3) is 0 Å². The van der Waals surface area contributed by atoms with Crippen LogP contribution in [0, 0.1) is 13.8 Å². The summed E-state index contributed by atoms with van der Waals surface area (Å²) in [7, 11) is 0. The molecule has 3 aromatic rings. The van der Waals surface area contributed by atoms with Crippen molar-refractivity contribution < 1.29 is 0 Å². The molecule has 7 heteroatoms. The Labute approximate surface area is 175 Å². The topological polar surface area (TPSA) is 57.5 Å². The van der Waals surface area contributed by atoms with Gasteiger partial charge >= 0.3 is 0 Å². The van der Waals surface area contributed by atoms with Gasteiger partial charge in [0, 0.05) is 11.8 Å². The second-order valence-electron chi connectivity index (χ2n) is 7.46. The lowest BCUT2D eigenvalue weighted by molar-refractivity contribution is 0.246. The van der Waals surface area contributed by atoms with E-state index in [0.29, 0.717) is 0 Å². The lowest BCUT2D eigenvalue weighted by atomic mass is 10.1. The van der Waals surface area contributed by atoms with Gasteiger partial charge in [-0.25, -0.2) is 10.2 Å². The van der Waals surface area contributed by atoms with Crippen LogP contribution in [0.25, 0.3) is 5.69 Å². The van der Waals surface area contributed by atoms with E-state index in [9.17, 15) is 0 Å². The van der Waals surface area contributed by atoms with Gasteiger partial charge in [0.2, 0.25) is 0 Å². The highest BCUT2D eigenvalue weighted by atomic mass is 32.2. The van der Waals surface area contributed by atoms with Gasteiger partial charge in [-0.3, -0.25) is 5.01 Å². The molecule has 6 nitrogen and oxygen atoms in total. The SMILES string of the molecule is Cc1ccc(C)c(-n2ncc(C3=NNNN3C(C)C)c2SCc2ccccc2)c1. The maximum Gasteiger partial charge on any atom is 0.177 e. The molecule has 0 spiro atoms. The molecule has 2 N–H and O–H groups in total. The van der Waals surface area contributed by atoms with Gasteiger partial charge in [-0.05, 0) is 50.5 Å². The summed E-state index contributed by atoms with van der Waals surface area (Å²) in [5.41, 5.74) is 11.8. The average Bonchev–Trinajstić information content (AvgIpc) is 3.35. The van der Waals surface area contributed by atoms with Crippen molar-refractivity contribution >= 4 is 17.6 Å². The van der Waals surface area contributed by atoms with Gasteiger partial charge in [0.05, 0.1) is 17.4 Å². The van der Waals surface area contributed by atoms with Gasteiger partial charge in [-0.15, -0.1) is 22.4 Å². The van der Waals surface area contributed by atoms with Crippen molar-refractivity contribution in [3.05, 3.63) is 77.0 Å². The number of hydrazone groups is 1. The second kappa shape index (κ2) is 8.31. The minimum Gasteiger partial charge on any atom is -0.268 e. The molecular weight excluding hydrogens is 380 g/mol. The summed E-state index contributed by atoms with van der Waals surface area (Å²) >= 11 is 1.78. The lowest BCUT2D eigenvalue weighted by Crippen LogP contribution is -2.45. The van der Waals surface area contributed by atoms with E-state index in [4.69, 9.17) is 5.10 Å². The van der Waals surface area contributed by atoms with Crippen LogP contribution in [0.3, 0.4) is 0 Å². The predicted molar refractivity (Wildman–Crippen MR) is 119 cm³/mol. The summed E-state index contributed by atoms with van der Waals surface area (Å²) in [6.45, 7) is 8.49. The fourth-order valence-electron chi connectivity index (χ4n) is 3.28. The third-order valence-electron chi connectivity index (χ3n) is 4.85. The number of nitrogens with zero attached hydrogens (tertiary/aromatic N) is 4. The first-order valence-electron chi connectivity index (χ1n) is 9.75. The zero-order valence-corrected chi connectivity index (χ0v) is 18.0. The van der Waals surface area contributed by atoms with Gasteiger partial charge in [-0.2, -0.15) is 5.10 Å². The quantitative estimate of drug-likeness (QED) is 0.602. The molecule has 0 radical (unpaired) electrons. The summed E-state index contributed by atoms with van der Waals surface area (Å²) in [4.78, 5) is 0. The van der Waals surface area contributed by atoms with E-state index in [2.05, 4.69) is 86.3 Å². The molecule has 0 atom stereocenters. The number of hydrazine groups is 2. The first-order valence-corrected chi connectivity index (χ1v) is 10.7. The Hall–Kier alpha value is -2.77. The fraction of sp³-hybridized carbons (Fsp3) is 0.273. The number of thioether (sulfide) groups is 1. The molecule has 150 valence electrons. The number of aromatic nitrogens is 2. The third kappa shape index (κ3) is 4.02. The first kappa shape index (κ1) is 19.5. The number of benzene rings is 2. The molecule has 1 aliphatic heterocycles. The van der Waals surface area contributed by atoms with E-state index in [1.54, 1.807) is 11.8 Å². The Bertz CT molecular complexity index is 1030. The van der Waals surface area contributed by atoms with E-state index < -0.39 is 0 Å². The molecule has 0 saturated heterocycles. The van der Waals surface area contributed by atoms with E-state index in [1.807, 2.05) is 22.0 Å². The zero-order chi connectivity index (χ0) is 20.4. The molecule has 0 bridgehead atoms. The first-order chi connectivity index (χ1) is 14.0. The molecule has 1 aromatic heterocycles. The van der Waals surface area contributed by atoms with Crippen molar-refractivity contribution in [1.82, 2.24) is 25.9 Å². The number of hydrogen-bond acceptors (Lipinski definition) is 6. The van der Waals surface area contributed by atoms with Crippen molar-refractivity contribution in [3.8, 4) is 5.69 Å². The predicted octanol–water partition coefficient (Wildman–Crippen LogP) is 4.18. The maximum atomic E-state index is 4.77. The second-order valence-corrected chi connectivity index (χ2v) is 8.43. The molecule has 1 aliphatic rings. The van der Waals surface area contributed by atoms with Gasteiger partial charge < -0.3 is 0 Å². The highest BCUT2D eigenvalue weighted by molar-refractivity contribution is 7.98. The van der Waals surface area contributed by atoms with Crippen LogP contribution in [-0.2, 0) is 5.75 Å². The van der Waals surface area contributed by atoms with E-state index in [-0.39, 0.29) is 6.04 Å². The standard InChI is InChI=1S/C22H26N6S/c1-15(2)27-21(24-25-26-27)19-13-23-28(20-12-16(3)10-11-17(20)4)22(19)29-14-18-8-6-5-7-9-18/h5-13,15,25-26H,14H2,1-4H3. The zero-order valence-electron chi connectivity index (χ0n) is 17.2. The van der Waals surface area contributed by atoms with Crippen LogP contribution < -0.4 is 11.1 Å². The van der Waals surface area contributed by atoms with Crippen LogP contribution in [0.1, 0.15) is 36.1 Å². The Balaban J connectivity index is 1.77. The molecule has 0 amide bonds. The van der Waals surface area contributed by atoms with Crippen LogP contribution in [0.15, 0.2) is 64.9 Å². The van der Waals surface area contributed by atoms with Gasteiger partial charge in [-0.1, -0.05) is 42.5 Å². The number of aryl methyl sites for hydroxylation is 2. The summed E-state index contributed by atoms with van der Waals surface area (Å²) < 4.78 is 2.05. The third-order valence-corrected chi connectivity index (χ3v) is 6.00. The van der Waals surface area contributed by atoms with Crippen LogP contribution in [0.4, 0.5) is 0 Å². The number of nitrogens with one attached hydrogen (secondary N) is 2. The summed E-state index contributed by atoms with van der Waals surface area (Å²) in [5, 5.41) is 12.4. The van der Waals surface area contributed by atoms with Crippen molar-refractivity contribution in [2.75, 3.05) is 0 Å². The molecule has 0 saturated carbocycles. The van der Waals surface area contributed by atoms with Crippen LogP contribution in [0.5, 0.6) is 0 Å². The number of hydrogen-bond donors (Lipinski definition) is 2. The molecular formula is C22H26N6S. The summed E-state index contributed by atoms with van der Waals surface area (Å²) in [6, 6.07) is 17.2. The minimum absolute atomic E-state index is 0.250. The average molecular weight is 407 g/mol. The summed E-state index contributed by atoms with van der Waals surface area (Å²) in [5.74, 6) is 1.72. The fourth-order valence-corrected chi connectivity index (χ4v) is 4.34. The molecule has 29 heavy (non-hydrogen) atoms. The van der Waals surface area contributed by atoms with Crippen molar-refractivity contribution in [1.29, 1.82) is 0 Å². The largest absolute Gasteiger partial charge is 0.268 e. The molecule has 0 unspecified atom stereocenters. The molecule has 2 aromatic carbocycles. The van der Waals surface area contributed by atoms with Crippen molar-refractivity contribution in [2.24, 2.45) is 5.10 Å². The monoisotopic (exact) mass is 406 g/mol. The van der Waals surface area contributed by atoms with Crippen LogP contribution >= 0.6 is 11.8 Å². The summed E-state index contributed by atoms with van der Waals surface area (Å²) in [6.07, 6.45) is 1.91. The molecule has 2 heterocycles. The van der Waals surface area contributed by atoms with Gasteiger partial charge in [0.15, 0.2) is 5.84 Å². The number of amidine groups is 1. The van der Waals surface area contributed by atoms with Gasteiger partial charge in [0.1, 0.15) is 5.03 Å².